The topological polar surface area (TPSA) is 63.6 Å². The molecule has 1 aromatic carbocycles. The summed E-state index contributed by atoms with van der Waals surface area (Å²) in [6, 6.07) is 7.66. The molecule has 1 N–H and O–H groups in total. The zero-order valence-corrected chi connectivity index (χ0v) is 13.4. The van der Waals surface area contributed by atoms with Crippen LogP contribution in [0.5, 0.6) is 0 Å². The Morgan fingerprint density at radius 2 is 1.95 bits per heavy atom. The fourth-order valence-corrected chi connectivity index (χ4v) is 5.36. The summed E-state index contributed by atoms with van der Waals surface area (Å²) in [5.74, 6) is 0. The summed E-state index contributed by atoms with van der Waals surface area (Å²) in [7, 11) is -4.52. The first-order chi connectivity index (χ1) is 8.98. The molecule has 0 aliphatic carbocycles. The Morgan fingerprint density at radius 3 is 2.40 bits per heavy atom. The van der Waals surface area contributed by atoms with Gasteiger partial charge in [0.15, 0.2) is 0 Å². The molecule has 108 valence electrons. The molecule has 0 saturated carbocycles. The summed E-state index contributed by atoms with van der Waals surface area (Å²) >= 11 is 0. The SMILES string of the molecule is CC[SiH2]C1(c2ccc(S(=O)(=O)O)cc2)CCCCO1.[NaH]. The molecule has 0 amide bonds. The number of rotatable bonds is 4. The standard InChI is InChI=1S/C13H20O4SSi.Na.H/c1-2-19-13(9-3-4-10-17-13)11-5-7-12(8-6-11)18(14,15)16;;/h5-8H,2-4,9-10,19H2,1H3,(H,14,15,16);;. The summed E-state index contributed by atoms with van der Waals surface area (Å²) in [4.78, 5) is -0.0552. The van der Waals surface area contributed by atoms with Gasteiger partial charge in [-0.05, 0) is 37.0 Å². The zero-order valence-electron chi connectivity index (χ0n) is 11.1. The van der Waals surface area contributed by atoms with Crippen LogP contribution in [-0.2, 0) is 20.1 Å². The van der Waals surface area contributed by atoms with Gasteiger partial charge >= 0.3 is 29.6 Å². The first-order valence-electron chi connectivity index (χ1n) is 6.70. The van der Waals surface area contributed by atoms with E-state index in [-0.39, 0.29) is 39.7 Å². The maximum atomic E-state index is 11.1. The van der Waals surface area contributed by atoms with Crippen LogP contribution >= 0.6 is 0 Å². The molecule has 0 aromatic heterocycles. The summed E-state index contributed by atoms with van der Waals surface area (Å²) in [6.07, 6.45) is 3.29. The van der Waals surface area contributed by atoms with Gasteiger partial charge in [-0.1, -0.05) is 25.1 Å². The molecule has 1 heterocycles. The fourth-order valence-electron chi connectivity index (χ4n) is 2.76. The molecule has 0 spiro atoms. The van der Waals surface area contributed by atoms with Crippen molar-refractivity contribution < 1.29 is 17.7 Å². The Labute approximate surface area is 145 Å². The number of hydrogen-bond acceptors (Lipinski definition) is 3. The van der Waals surface area contributed by atoms with Gasteiger partial charge < -0.3 is 4.74 Å². The molecule has 0 radical (unpaired) electrons. The molecule has 1 saturated heterocycles. The molecule has 1 fully saturated rings. The van der Waals surface area contributed by atoms with Crippen LogP contribution < -0.4 is 0 Å². The van der Waals surface area contributed by atoms with Gasteiger partial charge in [-0.3, -0.25) is 4.55 Å². The maximum absolute atomic E-state index is 11.1. The van der Waals surface area contributed by atoms with E-state index >= 15 is 0 Å². The summed E-state index contributed by atoms with van der Waals surface area (Å²) < 4.78 is 37.2. The quantitative estimate of drug-likeness (QED) is 0.669. The minimum atomic E-state index is -4.11. The molecular formula is C13H21NaO4SSi. The van der Waals surface area contributed by atoms with Crippen molar-refractivity contribution >= 4 is 49.2 Å². The van der Waals surface area contributed by atoms with Crippen LogP contribution in [-0.4, -0.2) is 58.7 Å². The summed E-state index contributed by atoms with van der Waals surface area (Å²) in [5.41, 5.74) is 1.06. The van der Waals surface area contributed by atoms with Crippen molar-refractivity contribution in [3.05, 3.63) is 29.8 Å². The van der Waals surface area contributed by atoms with Crippen molar-refractivity contribution in [2.24, 2.45) is 0 Å². The van der Waals surface area contributed by atoms with Crippen LogP contribution in [0, 0.1) is 0 Å². The third-order valence-electron chi connectivity index (χ3n) is 3.69. The van der Waals surface area contributed by atoms with Crippen LogP contribution in [0.4, 0.5) is 0 Å². The summed E-state index contributed by atoms with van der Waals surface area (Å²) in [5, 5.41) is -0.148. The van der Waals surface area contributed by atoms with Gasteiger partial charge in [0.2, 0.25) is 0 Å². The molecule has 1 aliphatic heterocycles. The monoisotopic (exact) mass is 324 g/mol. The molecule has 7 heteroatoms. The van der Waals surface area contributed by atoms with Crippen molar-refractivity contribution in [1.29, 1.82) is 0 Å². The molecule has 0 bridgehead atoms. The molecule has 20 heavy (non-hydrogen) atoms. The predicted molar refractivity (Wildman–Crippen MR) is 83.9 cm³/mol. The van der Waals surface area contributed by atoms with Gasteiger partial charge in [-0.15, -0.1) is 0 Å². The van der Waals surface area contributed by atoms with Gasteiger partial charge in [-0.25, -0.2) is 0 Å². The molecule has 1 unspecified atom stereocenters. The molecule has 1 aliphatic rings. The van der Waals surface area contributed by atoms with Crippen LogP contribution in [0.1, 0.15) is 31.7 Å². The molecule has 2 rings (SSSR count). The van der Waals surface area contributed by atoms with Gasteiger partial charge in [0.25, 0.3) is 10.1 Å². The Balaban J connectivity index is 0.00000200. The van der Waals surface area contributed by atoms with Crippen LogP contribution in [0.25, 0.3) is 0 Å². The van der Waals surface area contributed by atoms with E-state index in [1.54, 1.807) is 12.1 Å². The van der Waals surface area contributed by atoms with Gasteiger partial charge in [0.1, 0.15) is 0 Å². The third-order valence-corrected chi connectivity index (χ3v) is 6.83. The van der Waals surface area contributed by atoms with E-state index in [2.05, 4.69) is 6.92 Å². The second-order valence-corrected chi connectivity index (χ2v) is 9.11. The van der Waals surface area contributed by atoms with Crippen LogP contribution in [0.3, 0.4) is 0 Å². The van der Waals surface area contributed by atoms with E-state index in [9.17, 15) is 8.42 Å². The van der Waals surface area contributed by atoms with Crippen LogP contribution in [0.15, 0.2) is 29.2 Å². The van der Waals surface area contributed by atoms with Crippen LogP contribution in [0.2, 0.25) is 6.04 Å². The normalized spacial score (nSPS) is 23.7. The molecule has 1 atom stereocenters. The van der Waals surface area contributed by atoms with E-state index in [4.69, 9.17) is 9.29 Å². The molecule has 1 aromatic rings. The Kier molecular flexibility index (Phi) is 6.91. The van der Waals surface area contributed by atoms with Gasteiger partial charge in [0, 0.05) is 6.61 Å². The number of benzene rings is 1. The Hall–Kier alpha value is 0.307. The van der Waals surface area contributed by atoms with E-state index < -0.39 is 19.6 Å². The Bertz CT molecular complexity index is 518. The van der Waals surface area contributed by atoms with Gasteiger partial charge in [0.05, 0.1) is 19.6 Å². The van der Waals surface area contributed by atoms with Crippen molar-refractivity contribution in [3.63, 3.8) is 0 Å². The second-order valence-electron chi connectivity index (χ2n) is 5.05. The average Bonchev–Trinajstić information content (AvgIpc) is 2.39. The van der Waals surface area contributed by atoms with Crippen molar-refractivity contribution in [2.45, 2.75) is 42.4 Å². The molecular weight excluding hydrogens is 303 g/mol. The number of hydrogen-bond donors (Lipinski definition) is 1. The van der Waals surface area contributed by atoms with Crippen molar-refractivity contribution in [3.8, 4) is 0 Å². The van der Waals surface area contributed by atoms with Gasteiger partial charge in [-0.2, -0.15) is 8.42 Å². The minimum absolute atomic E-state index is 0. The van der Waals surface area contributed by atoms with Crippen molar-refractivity contribution in [2.75, 3.05) is 6.61 Å². The van der Waals surface area contributed by atoms with E-state index in [1.165, 1.54) is 12.1 Å². The second kappa shape index (κ2) is 7.53. The molecule has 4 nitrogen and oxygen atoms in total. The first-order valence-corrected chi connectivity index (χ1v) is 9.85. The third kappa shape index (κ3) is 4.16. The predicted octanol–water partition coefficient (Wildman–Crippen LogP) is 1.25. The van der Waals surface area contributed by atoms with E-state index in [0.29, 0.717) is 0 Å². The Morgan fingerprint density at radius 1 is 1.30 bits per heavy atom. The average molecular weight is 324 g/mol. The summed E-state index contributed by atoms with van der Waals surface area (Å²) in [6.45, 7) is 2.96. The van der Waals surface area contributed by atoms with E-state index in [0.717, 1.165) is 37.5 Å². The number of ether oxygens (including phenoxy) is 1. The first kappa shape index (κ1) is 18.4. The van der Waals surface area contributed by atoms with Crippen molar-refractivity contribution in [1.82, 2.24) is 0 Å². The fraction of sp³-hybridized carbons (Fsp3) is 0.538. The zero-order chi connectivity index (χ0) is 13.9. The van der Waals surface area contributed by atoms with E-state index in [1.807, 2.05) is 0 Å².